The fraction of sp³-hybridized carbons (Fsp3) is 0.611. The highest BCUT2D eigenvalue weighted by Crippen LogP contribution is 2.28. The number of para-hydroxylation sites is 1. The van der Waals surface area contributed by atoms with Gasteiger partial charge in [0.25, 0.3) is 0 Å². The molecule has 1 heterocycles. The summed E-state index contributed by atoms with van der Waals surface area (Å²) in [6.45, 7) is 4.06. The molecule has 0 spiro atoms. The van der Waals surface area contributed by atoms with Crippen molar-refractivity contribution in [3.05, 3.63) is 29.8 Å². The Balaban J connectivity index is 1.92. The average Bonchev–Trinajstić information content (AvgIpc) is 2.92. The minimum absolute atomic E-state index is 0.160. The second kappa shape index (κ2) is 7.63. The number of carbonyl (C=O) groups excluding carboxylic acids is 1. The van der Waals surface area contributed by atoms with Crippen LogP contribution in [0.25, 0.3) is 0 Å². The maximum absolute atomic E-state index is 12.5. The molecule has 4 nitrogen and oxygen atoms in total. The molecule has 0 aliphatic carbocycles. The average molecular weight is 304 g/mol. The first kappa shape index (κ1) is 16.8. The van der Waals surface area contributed by atoms with Gasteiger partial charge in [-0.25, -0.2) is 0 Å². The van der Waals surface area contributed by atoms with Crippen LogP contribution in [0.2, 0.25) is 0 Å². The first-order chi connectivity index (χ1) is 10.5. The number of likely N-dealkylation sites (N-methyl/N-ethyl adjacent to an activating group) is 2. The molecule has 22 heavy (non-hydrogen) atoms. The van der Waals surface area contributed by atoms with E-state index in [0.717, 1.165) is 24.4 Å². The van der Waals surface area contributed by atoms with E-state index >= 15 is 0 Å². The van der Waals surface area contributed by atoms with Crippen LogP contribution in [0.1, 0.15) is 37.7 Å². The van der Waals surface area contributed by atoms with E-state index in [1.165, 1.54) is 12.8 Å². The van der Waals surface area contributed by atoms with Crippen molar-refractivity contribution in [2.75, 3.05) is 34.3 Å². The first-order valence-corrected chi connectivity index (χ1v) is 8.10. The number of methoxy groups -OCH3 is 1. The SMILES string of the molecule is COc1ccccc1[C@H](C)CC(=O)N(C)C[C@@H]1CCCN1C. The molecule has 0 aromatic heterocycles. The van der Waals surface area contributed by atoms with Crippen LogP contribution in [0.3, 0.4) is 0 Å². The number of hydrogen-bond acceptors (Lipinski definition) is 3. The van der Waals surface area contributed by atoms with Crippen molar-refractivity contribution < 1.29 is 9.53 Å². The van der Waals surface area contributed by atoms with Crippen LogP contribution in [0.5, 0.6) is 5.75 Å². The van der Waals surface area contributed by atoms with E-state index in [-0.39, 0.29) is 11.8 Å². The number of carbonyl (C=O) groups is 1. The maximum Gasteiger partial charge on any atom is 0.222 e. The molecule has 2 rings (SSSR count). The van der Waals surface area contributed by atoms with E-state index in [4.69, 9.17) is 4.74 Å². The number of hydrogen-bond donors (Lipinski definition) is 0. The molecule has 0 N–H and O–H groups in total. The van der Waals surface area contributed by atoms with E-state index in [1.54, 1.807) is 7.11 Å². The van der Waals surface area contributed by atoms with Gasteiger partial charge in [-0.1, -0.05) is 25.1 Å². The van der Waals surface area contributed by atoms with E-state index in [0.29, 0.717) is 12.5 Å². The van der Waals surface area contributed by atoms with Gasteiger partial charge in [0, 0.05) is 26.1 Å². The smallest absolute Gasteiger partial charge is 0.222 e. The molecule has 1 aromatic rings. The monoisotopic (exact) mass is 304 g/mol. The molecule has 0 radical (unpaired) electrons. The molecule has 1 aliphatic heterocycles. The molecule has 1 aromatic carbocycles. The zero-order chi connectivity index (χ0) is 16.1. The van der Waals surface area contributed by atoms with Gasteiger partial charge in [0.1, 0.15) is 5.75 Å². The normalized spacial score (nSPS) is 19.9. The van der Waals surface area contributed by atoms with Crippen molar-refractivity contribution in [2.24, 2.45) is 0 Å². The summed E-state index contributed by atoms with van der Waals surface area (Å²) >= 11 is 0. The summed E-state index contributed by atoms with van der Waals surface area (Å²) in [5.74, 6) is 1.23. The first-order valence-electron chi connectivity index (χ1n) is 8.10. The summed E-state index contributed by atoms with van der Waals surface area (Å²) in [4.78, 5) is 16.7. The molecule has 2 atom stereocenters. The van der Waals surface area contributed by atoms with Gasteiger partial charge in [0.15, 0.2) is 0 Å². The summed E-state index contributed by atoms with van der Waals surface area (Å²) in [6, 6.07) is 8.46. The second-order valence-electron chi connectivity index (χ2n) is 6.40. The van der Waals surface area contributed by atoms with Crippen LogP contribution in [-0.2, 0) is 4.79 Å². The molecular formula is C18H28N2O2. The molecule has 0 bridgehead atoms. The Bertz CT molecular complexity index is 504. The molecule has 1 aliphatic rings. The van der Waals surface area contributed by atoms with E-state index < -0.39 is 0 Å². The summed E-state index contributed by atoms with van der Waals surface area (Å²) < 4.78 is 5.40. The Morgan fingerprint density at radius 1 is 1.45 bits per heavy atom. The van der Waals surface area contributed by atoms with Crippen LogP contribution >= 0.6 is 0 Å². The largest absolute Gasteiger partial charge is 0.496 e. The highest BCUT2D eigenvalue weighted by molar-refractivity contribution is 5.77. The van der Waals surface area contributed by atoms with Crippen molar-refractivity contribution in [1.29, 1.82) is 0 Å². The maximum atomic E-state index is 12.5. The molecule has 1 amide bonds. The minimum atomic E-state index is 0.160. The molecular weight excluding hydrogens is 276 g/mol. The minimum Gasteiger partial charge on any atom is -0.496 e. The van der Waals surface area contributed by atoms with Crippen molar-refractivity contribution in [3.63, 3.8) is 0 Å². The number of ether oxygens (including phenoxy) is 1. The summed E-state index contributed by atoms with van der Waals surface area (Å²) in [7, 11) is 5.74. The topological polar surface area (TPSA) is 32.8 Å². The molecule has 4 heteroatoms. The number of benzene rings is 1. The van der Waals surface area contributed by atoms with Crippen molar-refractivity contribution in [3.8, 4) is 5.75 Å². The fourth-order valence-electron chi connectivity index (χ4n) is 3.23. The van der Waals surface area contributed by atoms with Gasteiger partial charge in [-0.2, -0.15) is 0 Å². The lowest BCUT2D eigenvalue weighted by molar-refractivity contribution is -0.130. The predicted molar refractivity (Wildman–Crippen MR) is 89.3 cm³/mol. The highest BCUT2D eigenvalue weighted by atomic mass is 16.5. The van der Waals surface area contributed by atoms with Crippen LogP contribution in [0, 0.1) is 0 Å². The Morgan fingerprint density at radius 3 is 2.82 bits per heavy atom. The van der Waals surface area contributed by atoms with Crippen LogP contribution in [0.4, 0.5) is 0 Å². The molecule has 1 fully saturated rings. The molecule has 122 valence electrons. The molecule has 0 unspecified atom stereocenters. The van der Waals surface area contributed by atoms with Gasteiger partial charge in [0.2, 0.25) is 5.91 Å². The third-order valence-electron chi connectivity index (χ3n) is 4.73. The lowest BCUT2D eigenvalue weighted by atomic mass is 9.96. The Hall–Kier alpha value is -1.55. The van der Waals surface area contributed by atoms with Crippen molar-refractivity contribution in [1.82, 2.24) is 9.80 Å². The number of rotatable bonds is 6. The quantitative estimate of drug-likeness (QED) is 0.810. The standard InChI is InChI=1S/C18H28N2O2/c1-14(16-9-5-6-10-17(16)22-4)12-18(21)20(3)13-15-8-7-11-19(15)2/h5-6,9-10,14-15H,7-8,11-13H2,1-4H3/t14-,15+/m1/s1. The van der Waals surface area contributed by atoms with E-state index in [9.17, 15) is 4.79 Å². The van der Waals surface area contributed by atoms with Crippen molar-refractivity contribution in [2.45, 2.75) is 38.1 Å². The summed E-state index contributed by atoms with van der Waals surface area (Å²) in [5, 5.41) is 0. The van der Waals surface area contributed by atoms with Crippen LogP contribution in [-0.4, -0.2) is 56.0 Å². The zero-order valence-corrected chi connectivity index (χ0v) is 14.2. The van der Waals surface area contributed by atoms with Gasteiger partial charge in [-0.15, -0.1) is 0 Å². The zero-order valence-electron chi connectivity index (χ0n) is 14.2. The highest BCUT2D eigenvalue weighted by Gasteiger charge is 2.25. The van der Waals surface area contributed by atoms with Gasteiger partial charge in [-0.05, 0) is 44.0 Å². The third-order valence-corrected chi connectivity index (χ3v) is 4.73. The molecule has 1 saturated heterocycles. The van der Waals surface area contributed by atoms with E-state index in [1.807, 2.05) is 36.2 Å². The molecule has 0 saturated carbocycles. The Labute approximate surface area is 134 Å². The third kappa shape index (κ3) is 4.01. The van der Waals surface area contributed by atoms with Crippen LogP contribution in [0.15, 0.2) is 24.3 Å². The Kier molecular flexibility index (Phi) is 5.83. The lowest BCUT2D eigenvalue weighted by Gasteiger charge is -2.27. The van der Waals surface area contributed by atoms with E-state index in [2.05, 4.69) is 18.9 Å². The lowest BCUT2D eigenvalue weighted by Crippen LogP contribution is -2.39. The van der Waals surface area contributed by atoms with Gasteiger partial charge < -0.3 is 14.5 Å². The fourth-order valence-corrected chi connectivity index (χ4v) is 3.23. The number of amides is 1. The number of likely N-dealkylation sites (tertiary alicyclic amines) is 1. The summed E-state index contributed by atoms with van der Waals surface area (Å²) in [5.41, 5.74) is 1.10. The number of nitrogens with zero attached hydrogens (tertiary/aromatic N) is 2. The second-order valence-corrected chi connectivity index (χ2v) is 6.40. The van der Waals surface area contributed by atoms with Gasteiger partial charge in [0.05, 0.1) is 7.11 Å². The Morgan fingerprint density at radius 2 is 2.18 bits per heavy atom. The van der Waals surface area contributed by atoms with Crippen molar-refractivity contribution >= 4 is 5.91 Å². The van der Waals surface area contributed by atoms with Crippen LogP contribution < -0.4 is 4.74 Å². The predicted octanol–water partition coefficient (Wildman–Crippen LogP) is 2.74. The van der Waals surface area contributed by atoms with Gasteiger partial charge >= 0.3 is 0 Å². The summed E-state index contributed by atoms with van der Waals surface area (Å²) in [6.07, 6.45) is 2.95. The van der Waals surface area contributed by atoms with Gasteiger partial charge in [-0.3, -0.25) is 4.79 Å².